The van der Waals surface area contributed by atoms with Crippen molar-refractivity contribution < 1.29 is 9.53 Å². The summed E-state index contributed by atoms with van der Waals surface area (Å²) in [5.41, 5.74) is 1.44. The van der Waals surface area contributed by atoms with Crippen LogP contribution in [0.5, 0.6) is 0 Å². The zero-order valence-corrected chi connectivity index (χ0v) is 18.9. The van der Waals surface area contributed by atoms with Gasteiger partial charge in [-0.15, -0.1) is 17.9 Å². The molecule has 1 aromatic carbocycles. The first-order valence-electron chi connectivity index (χ1n) is 9.33. The van der Waals surface area contributed by atoms with Crippen LogP contribution in [-0.4, -0.2) is 41.5 Å². The van der Waals surface area contributed by atoms with Crippen molar-refractivity contribution in [2.75, 3.05) is 26.0 Å². The maximum Gasteiger partial charge on any atom is 0.263 e. The summed E-state index contributed by atoms with van der Waals surface area (Å²) in [5, 5.41) is 6.29. The van der Waals surface area contributed by atoms with E-state index < -0.39 is 0 Å². The molecule has 6 nitrogen and oxygen atoms in total. The Bertz CT molecular complexity index is 1110. The van der Waals surface area contributed by atoms with E-state index in [1.807, 2.05) is 23.6 Å². The third-order valence-corrected chi connectivity index (χ3v) is 6.51. The fraction of sp³-hybridized carbons (Fsp3) is 0.286. The van der Waals surface area contributed by atoms with Gasteiger partial charge in [-0.1, -0.05) is 47.6 Å². The van der Waals surface area contributed by atoms with Gasteiger partial charge in [-0.3, -0.25) is 14.2 Å². The molecule has 30 heavy (non-hydrogen) atoms. The number of thioether (sulfide) groups is 1. The summed E-state index contributed by atoms with van der Waals surface area (Å²) in [6.45, 7) is 4.96. The molecule has 0 aliphatic rings. The smallest absolute Gasteiger partial charge is 0.263 e. The summed E-state index contributed by atoms with van der Waals surface area (Å²) in [6, 6.07) is 7.44. The molecule has 0 aliphatic heterocycles. The summed E-state index contributed by atoms with van der Waals surface area (Å²) >= 11 is 9.01. The van der Waals surface area contributed by atoms with Crippen molar-refractivity contribution in [1.29, 1.82) is 0 Å². The minimum absolute atomic E-state index is 0.138. The number of ether oxygens (including phenoxy) is 1. The average Bonchev–Trinajstić information content (AvgIpc) is 3.17. The molecule has 3 rings (SSSR count). The summed E-state index contributed by atoms with van der Waals surface area (Å²) in [5.74, 6) is 0.0272. The maximum atomic E-state index is 13.4. The molecular formula is C21H22ClN3O3S2. The van der Waals surface area contributed by atoms with Crippen LogP contribution in [0.15, 0.2) is 52.3 Å². The van der Waals surface area contributed by atoms with Gasteiger partial charge in [-0.05, 0) is 12.5 Å². The molecule has 158 valence electrons. The van der Waals surface area contributed by atoms with E-state index in [1.54, 1.807) is 23.8 Å². The van der Waals surface area contributed by atoms with Gasteiger partial charge in [0.2, 0.25) is 5.91 Å². The van der Waals surface area contributed by atoms with E-state index in [9.17, 15) is 9.59 Å². The number of carbonyl (C=O) groups is 1. The number of halogens is 1. The predicted molar refractivity (Wildman–Crippen MR) is 125 cm³/mol. The number of hydrogen-bond donors (Lipinski definition) is 1. The molecule has 0 bridgehead atoms. The lowest BCUT2D eigenvalue weighted by atomic mass is 10.1. The van der Waals surface area contributed by atoms with Gasteiger partial charge in [-0.25, -0.2) is 4.98 Å². The second-order valence-corrected chi connectivity index (χ2v) is 8.60. The number of hydrogen-bond acceptors (Lipinski definition) is 6. The second-order valence-electron chi connectivity index (χ2n) is 6.39. The van der Waals surface area contributed by atoms with E-state index in [0.29, 0.717) is 46.5 Å². The van der Waals surface area contributed by atoms with Crippen molar-refractivity contribution in [1.82, 2.24) is 14.9 Å². The monoisotopic (exact) mass is 463 g/mol. The molecule has 0 saturated heterocycles. The van der Waals surface area contributed by atoms with E-state index in [0.717, 1.165) is 11.1 Å². The van der Waals surface area contributed by atoms with Gasteiger partial charge in [0.15, 0.2) is 5.16 Å². The molecule has 3 aromatic rings. The first kappa shape index (κ1) is 22.6. The van der Waals surface area contributed by atoms with Crippen LogP contribution in [0.25, 0.3) is 21.3 Å². The Kier molecular flexibility index (Phi) is 8.09. The lowest BCUT2D eigenvalue weighted by molar-refractivity contribution is -0.118. The fourth-order valence-corrected chi connectivity index (χ4v) is 5.00. The quantitative estimate of drug-likeness (QED) is 0.211. The van der Waals surface area contributed by atoms with Crippen LogP contribution in [0.1, 0.15) is 6.42 Å². The Morgan fingerprint density at radius 2 is 2.20 bits per heavy atom. The first-order valence-corrected chi connectivity index (χ1v) is 11.6. The normalized spacial score (nSPS) is 11.0. The third kappa shape index (κ3) is 5.13. The predicted octanol–water partition coefficient (Wildman–Crippen LogP) is 4.21. The van der Waals surface area contributed by atoms with Gasteiger partial charge in [0.25, 0.3) is 5.56 Å². The molecule has 0 aliphatic carbocycles. The number of thiophene rings is 1. The zero-order chi connectivity index (χ0) is 21.5. The molecule has 0 radical (unpaired) electrons. The summed E-state index contributed by atoms with van der Waals surface area (Å²) < 4.78 is 6.76. The minimum Gasteiger partial charge on any atom is -0.385 e. The highest BCUT2D eigenvalue weighted by molar-refractivity contribution is 7.99. The van der Waals surface area contributed by atoms with Crippen LogP contribution in [0.3, 0.4) is 0 Å². The molecule has 2 heterocycles. The SMILES string of the molecule is C=CCNC(=O)CSc1nc2scc(-c3ccccc3Cl)c2c(=O)n1CCCOC. The van der Waals surface area contributed by atoms with Crippen LogP contribution in [0.2, 0.25) is 5.02 Å². The number of benzene rings is 1. The highest BCUT2D eigenvalue weighted by Crippen LogP contribution is 2.35. The third-order valence-electron chi connectivity index (χ3n) is 4.33. The molecule has 0 saturated carbocycles. The highest BCUT2D eigenvalue weighted by atomic mass is 35.5. The highest BCUT2D eigenvalue weighted by Gasteiger charge is 2.19. The number of carbonyl (C=O) groups excluding carboxylic acids is 1. The number of aromatic nitrogens is 2. The molecule has 0 spiro atoms. The van der Waals surface area contributed by atoms with E-state index in [1.165, 1.54) is 23.1 Å². The van der Waals surface area contributed by atoms with Gasteiger partial charge in [0.05, 0.1) is 11.1 Å². The Morgan fingerprint density at radius 1 is 1.40 bits per heavy atom. The molecule has 1 amide bonds. The molecular weight excluding hydrogens is 442 g/mol. The van der Waals surface area contributed by atoms with Crippen molar-refractivity contribution in [3.63, 3.8) is 0 Å². The molecule has 9 heteroatoms. The van der Waals surface area contributed by atoms with Crippen LogP contribution < -0.4 is 10.9 Å². The number of amides is 1. The van der Waals surface area contributed by atoms with Gasteiger partial charge < -0.3 is 10.1 Å². The summed E-state index contributed by atoms with van der Waals surface area (Å²) in [4.78, 5) is 30.8. The van der Waals surface area contributed by atoms with E-state index in [4.69, 9.17) is 21.3 Å². The van der Waals surface area contributed by atoms with E-state index in [-0.39, 0.29) is 17.2 Å². The van der Waals surface area contributed by atoms with Crippen LogP contribution >= 0.6 is 34.7 Å². The number of rotatable bonds is 10. The van der Waals surface area contributed by atoms with Crippen LogP contribution in [-0.2, 0) is 16.1 Å². The van der Waals surface area contributed by atoms with Gasteiger partial charge in [0.1, 0.15) is 4.83 Å². The van der Waals surface area contributed by atoms with Crippen molar-refractivity contribution in [3.8, 4) is 11.1 Å². The topological polar surface area (TPSA) is 73.2 Å². The number of nitrogens with one attached hydrogen (secondary N) is 1. The molecule has 1 N–H and O–H groups in total. The van der Waals surface area contributed by atoms with Crippen molar-refractivity contribution in [2.24, 2.45) is 0 Å². The Labute approximate surface area is 187 Å². The molecule has 0 unspecified atom stereocenters. The van der Waals surface area contributed by atoms with Gasteiger partial charge in [-0.2, -0.15) is 0 Å². The van der Waals surface area contributed by atoms with Crippen molar-refractivity contribution in [2.45, 2.75) is 18.1 Å². The Morgan fingerprint density at radius 3 is 2.93 bits per heavy atom. The first-order chi connectivity index (χ1) is 14.6. The average molecular weight is 464 g/mol. The number of nitrogens with zero attached hydrogens (tertiary/aromatic N) is 2. The van der Waals surface area contributed by atoms with E-state index >= 15 is 0 Å². The lowest BCUT2D eigenvalue weighted by Crippen LogP contribution is -2.27. The molecule has 0 fully saturated rings. The van der Waals surface area contributed by atoms with E-state index in [2.05, 4.69) is 11.9 Å². The van der Waals surface area contributed by atoms with Crippen LogP contribution in [0, 0.1) is 0 Å². The van der Waals surface area contributed by atoms with Crippen molar-refractivity contribution in [3.05, 3.63) is 57.7 Å². The molecule has 0 atom stereocenters. The Balaban J connectivity index is 2.03. The number of fused-ring (bicyclic) bond motifs is 1. The summed E-state index contributed by atoms with van der Waals surface area (Å²) in [6.07, 6.45) is 2.28. The van der Waals surface area contributed by atoms with Gasteiger partial charge >= 0.3 is 0 Å². The second kappa shape index (κ2) is 10.8. The standard InChI is InChI=1S/C21H22ClN3O3S2/c1-3-9-23-17(26)13-30-21-24-19-18(20(27)25(21)10-6-11-28-2)15(12-29-19)14-7-4-5-8-16(14)22/h3-5,7-8,12H,1,6,9-11,13H2,2H3,(H,23,26). The largest absolute Gasteiger partial charge is 0.385 e. The minimum atomic E-state index is -0.138. The summed E-state index contributed by atoms with van der Waals surface area (Å²) in [7, 11) is 1.62. The lowest BCUT2D eigenvalue weighted by Gasteiger charge is -2.12. The maximum absolute atomic E-state index is 13.4. The number of methoxy groups -OCH3 is 1. The van der Waals surface area contributed by atoms with Gasteiger partial charge in [0, 0.05) is 48.3 Å². The fourth-order valence-electron chi connectivity index (χ4n) is 2.93. The van der Waals surface area contributed by atoms with Crippen LogP contribution in [0.4, 0.5) is 0 Å². The van der Waals surface area contributed by atoms with Crippen molar-refractivity contribution >= 4 is 50.8 Å². The molecule has 2 aromatic heterocycles. The Hall–Kier alpha value is -2.13. The zero-order valence-electron chi connectivity index (χ0n) is 16.5.